The summed E-state index contributed by atoms with van der Waals surface area (Å²) in [5.41, 5.74) is 3.78. The molecule has 0 N–H and O–H groups in total. The fraction of sp³-hybridized carbons (Fsp3) is 0.286. The van der Waals surface area contributed by atoms with Crippen molar-refractivity contribution in [2.75, 3.05) is 59.4 Å². The molecule has 9 heteroatoms. The summed E-state index contributed by atoms with van der Waals surface area (Å²) in [4.78, 5) is 13.8. The number of rotatable bonds is 7. The molecule has 0 amide bonds. The number of hydrogen-bond acceptors (Lipinski definition) is 8. The summed E-state index contributed by atoms with van der Waals surface area (Å²) in [5, 5.41) is 0. The highest BCUT2D eigenvalue weighted by Crippen LogP contribution is 2.23. The number of esters is 1. The van der Waals surface area contributed by atoms with Crippen LogP contribution in [0.4, 0.5) is 0 Å². The normalized spacial score (nSPS) is 12.8. The van der Waals surface area contributed by atoms with Crippen molar-refractivity contribution in [1.82, 2.24) is 4.90 Å². The van der Waals surface area contributed by atoms with Crippen molar-refractivity contribution in [2.45, 2.75) is 11.8 Å². The Bertz CT molecular complexity index is 1770. The number of benzene rings is 3. The number of morpholine rings is 1. The van der Waals surface area contributed by atoms with E-state index in [2.05, 4.69) is 45.2 Å². The van der Waals surface area contributed by atoms with E-state index in [1.54, 1.807) is 36.4 Å². The molecule has 44 heavy (non-hydrogen) atoms. The number of carbonyl (C=O) groups is 1. The number of nitrogens with zero attached hydrogens (tertiary/aromatic N) is 1. The van der Waals surface area contributed by atoms with Crippen LogP contribution in [-0.4, -0.2) is 78.7 Å². The zero-order valence-electron chi connectivity index (χ0n) is 24.9. The van der Waals surface area contributed by atoms with Gasteiger partial charge in [-0.25, -0.2) is 13.2 Å². The molecule has 0 bridgehead atoms. The molecule has 0 radical (unpaired) electrons. The van der Waals surface area contributed by atoms with Gasteiger partial charge in [-0.05, 0) is 73.2 Å². The second-order valence-corrected chi connectivity index (χ2v) is 11.9. The molecule has 0 aromatic heterocycles. The Kier molecular flexibility index (Phi) is 11.5. The predicted octanol–water partition coefficient (Wildman–Crippen LogP) is 3.46. The molecule has 226 valence electrons. The Labute approximate surface area is 259 Å². The highest BCUT2D eigenvalue weighted by Gasteiger charge is 2.09. The van der Waals surface area contributed by atoms with E-state index in [1.165, 1.54) is 13.4 Å². The van der Waals surface area contributed by atoms with Crippen molar-refractivity contribution < 1.29 is 32.2 Å². The lowest BCUT2D eigenvalue weighted by atomic mass is 10.1. The zero-order chi connectivity index (χ0) is 31.4. The zero-order valence-corrected chi connectivity index (χ0v) is 25.8. The molecule has 1 fully saturated rings. The Morgan fingerprint density at radius 2 is 1.48 bits per heavy atom. The third-order valence-corrected chi connectivity index (χ3v) is 7.60. The summed E-state index contributed by atoms with van der Waals surface area (Å²) in [6.07, 6.45) is 1.17. The number of sulfone groups is 1. The molecule has 3 aromatic rings. The van der Waals surface area contributed by atoms with Crippen molar-refractivity contribution in [3.8, 4) is 47.0 Å². The van der Waals surface area contributed by atoms with Crippen LogP contribution in [0.1, 0.15) is 27.8 Å². The van der Waals surface area contributed by atoms with Crippen LogP contribution in [0.3, 0.4) is 0 Å². The Morgan fingerprint density at radius 3 is 2.11 bits per heavy atom. The first-order valence-electron chi connectivity index (χ1n) is 13.9. The first-order valence-corrected chi connectivity index (χ1v) is 15.8. The summed E-state index contributed by atoms with van der Waals surface area (Å²) >= 11 is 0. The van der Waals surface area contributed by atoms with Gasteiger partial charge < -0.3 is 18.9 Å². The molecule has 1 aliphatic heterocycles. The lowest BCUT2D eigenvalue weighted by Gasteiger charge is -2.24. The van der Waals surface area contributed by atoms with E-state index in [0.29, 0.717) is 36.8 Å². The van der Waals surface area contributed by atoms with Crippen LogP contribution in [0.25, 0.3) is 0 Å². The van der Waals surface area contributed by atoms with E-state index in [4.69, 9.17) is 14.2 Å². The molecule has 1 heterocycles. The Balaban J connectivity index is 1.49. The van der Waals surface area contributed by atoms with Crippen molar-refractivity contribution in [2.24, 2.45) is 0 Å². The standard InChI is InChI=1S/C35H33NO7S/c1-27-22-32(12-15-34(27)43-26-35(37)40-2)42-19-5-7-30-23-29(6-4-16-36-17-20-41-21-18-36)24-31(25-30)9-8-28-10-13-33(14-11-28)44(3,38)39/h10-15,22-25H,16-21,26H2,1-3H3. The lowest BCUT2D eigenvalue weighted by Crippen LogP contribution is -2.36. The van der Waals surface area contributed by atoms with Gasteiger partial charge >= 0.3 is 5.97 Å². The maximum absolute atomic E-state index is 11.8. The number of aryl methyl sites for hydroxylation is 1. The van der Waals surface area contributed by atoms with Gasteiger partial charge in [-0.3, -0.25) is 4.90 Å². The van der Waals surface area contributed by atoms with Crippen molar-refractivity contribution in [3.63, 3.8) is 0 Å². The molecule has 0 aliphatic carbocycles. The minimum atomic E-state index is -3.27. The van der Waals surface area contributed by atoms with Crippen LogP contribution in [-0.2, 0) is 24.1 Å². The predicted molar refractivity (Wildman–Crippen MR) is 167 cm³/mol. The molecule has 0 saturated carbocycles. The molecule has 0 unspecified atom stereocenters. The fourth-order valence-electron chi connectivity index (χ4n) is 4.11. The van der Waals surface area contributed by atoms with Crippen LogP contribution in [0.2, 0.25) is 0 Å². The number of carbonyl (C=O) groups excluding carboxylic acids is 1. The topological polar surface area (TPSA) is 91.4 Å². The summed E-state index contributed by atoms with van der Waals surface area (Å²) in [6.45, 7) is 5.64. The maximum atomic E-state index is 11.8. The third-order valence-electron chi connectivity index (χ3n) is 6.47. The molecule has 1 aliphatic rings. The molecule has 0 spiro atoms. The molecule has 1 saturated heterocycles. The first kappa shape index (κ1) is 32.2. The lowest BCUT2D eigenvalue weighted by molar-refractivity contribution is -0.142. The van der Waals surface area contributed by atoms with E-state index in [-0.39, 0.29) is 18.1 Å². The molecule has 8 nitrogen and oxygen atoms in total. The van der Waals surface area contributed by atoms with Gasteiger partial charge in [0.2, 0.25) is 0 Å². The van der Waals surface area contributed by atoms with Gasteiger partial charge in [0, 0.05) is 41.6 Å². The van der Waals surface area contributed by atoms with Crippen molar-refractivity contribution in [1.29, 1.82) is 0 Å². The molecule has 4 rings (SSSR count). The molecular weight excluding hydrogens is 578 g/mol. The maximum Gasteiger partial charge on any atom is 0.343 e. The van der Waals surface area contributed by atoms with Gasteiger partial charge in [0.25, 0.3) is 0 Å². The summed E-state index contributed by atoms with van der Waals surface area (Å²) in [6, 6.07) is 17.5. The van der Waals surface area contributed by atoms with Crippen LogP contribution in [0.5, 0.6) is 11.5 Å². The Hall–Kier alpha value is -4.72. The minimum Gasteiger partial charge on any atom is -0.482 e. The Morgan fingerprint density at radius 1 is 0.841 bits per heavy atom. The summed E-state index contributed by atoms with van der Waals surface area (Å²) in [5.74, 6) is 19.7. The third kappa shape index (κ3) is 10.2. The quantitative estimate of drug-likeness (QED) is 0.297. The van der Waals surface area contributed by atoms with Gasteiger partial charge in [0.05, 0.1) is 31.8 Å². The summed E-state index contributed by atoms with van der Waals surface area (Å²) < 4.78 is 44.8. The van der Waals surface area contributed by atoms with Crippen LogP contribution in [0, 0.1) is 42.4 Å². The fourth-order valence-corrected chi connectivity index (χ4v) is 4.74. The second kappa shape index (κ2) is 15.7. The first-order chi connectivity index (χ1) is 21.2. The highest BCUT2D eigenvalue weighted by atomic mass is 32.2. The van der Waals surface area contributed by atoms with Crippen LogP contribution < -0.4 is 9.47 Å². The van der Waals surface area contributed by atoms with Crippen molar-refractivity contribution in [3.05, 3.63) is 88.5 Å². The van der Waals surface area contributed by atoms with Crippen LogP contribution in [0.15, 0.2) is 65.6 Å². The largest absolute Gasteiger partial charge is 0.482 e. The minimum absolute atomic E-state index is 0.155. The smallest absolute Gasteiger partial charge is 0.343 e. The van der Waals surface area contributed by atoms with Gasteiger partial charge in [0.1, 0.15) is 18.1 Å². The second-order valence-electron chi connectivity index (χ2n) is 9.92. The molecule has 0 atom stereocenters. The number of ether oxygens (including phenoxy) is 4. The van der Waals surface area contributed by atoms with Gasteiger partial charge in [0.15, 0.2) is 16.4 Å². The monoisotopic (exact) mass is 611 g/mol. The molecular formula is C35H33NO7S. The van der Waals surface area contributed by atoms with Gasteiger partial charge in [-0.2, -0.15) is 0 Å². The van der Waals surface area contributed by atoms with E-state index in [1.807, 2.05) is 31.2 Å². The van der Waals surface area contributed by atoms with E-state index < -0.39 is 15.8 Å². The van der Waals surface area contributed by atoms with Crippen molar-refractivity contribution >= 4 is 15.8 Å². The number of methoxy groups -OCH3 is 1. The summed E-state index contributed by atoms with van der Waals surface area (Å²) in [7, 11) is -1.96. The highest BCUT2D eigenvalue weighted by molar-refractivity contribution is 7.90. The average Bonchev–Trinajstić information content (AvgIpc) is 3.02. The van der Waals surface area contributed by atoms with E-state index >= 15 is 0 Å². The van der Waals surface area contributed by atoms with E-state index in [0.717, 1.165) is 35.3 Å². The SMILES string of the molecule is COC(=O)COc1ccc(OCC#Cc2cc(C#CCN3CCOCC3)cc(C#Cc3ccc(S(C)(=O)=O)cc3)c2)cc1C. The van der Waals surface area contributed by atoms with Crippen LogP contribution >= 0.6 is 0 Å². The number of hydrogen-bond donors (Lipinski definition) is 0. The average molecular weight is 612 g/mol. The van der Waals surface area contributed by atoms with Gasteiger partial charge in [-0.1, -0.05) is 35.5 Å². The van der Waals surface area contributed by atoms with E-state index in [9.17, 15) is 13.2 Å². The van der Waals surface area contributed by atoms with Gasteiger partial charge in [-0.15, -0.1) is 0 Å². The molecule has 3 aromatic carbocycles.